The molecule has 1 rings (SSSR count). The molecular weight excluding hydrogens is 407 g/mol. The van der Waals surface area contributed by atoms with Gasteiger partial charge in [-0.3, -0.25) is 0 Å². The monoisotopic (exact) mass is 425 g/mol. The number of hydrogen-bond acceptors (Lipinski definition) is 4. The van der Waals surface area contributed by atoms with Crippen LogP contribution in [-0.4, -0.2) is 30.8 Å². The van der Waals surface area contributed by atoms with Gasteiger partial charge in [-0.15, -0.1) is 0 Å². The van der Waals surface area contributed by atoms with E-state index in [9.17, 15) is 22.8 Å². The maximum atomic E-state index is 12.9. The Bertz CT molecular complexity index is 641. The Kier molecular flexibility index (Phi) is 6.87. The van der Waals surface area contributed by atoms with Crippen molar-refractivity contribution in [2.75, 3.05) is 7.11 Å². The Morgan fingerprint density at radius 1 is 1.20 bits per heavy atom. The summed E-state index contributed by atoms with van der Waals surface area (Å²) in [5.41, 5.74) is -1.45. The standard InChI is InChI=1S/C16H19BrF3NO4/c1-15(2,3)25-14(23)21-12(13(22)24-4)7-9-5-10(16(18,19)20)8-11(17)6-9/h5-6,8,12H,7H2,1-4H3,(H,21,23)/t12-/m0/s1. The zero-order chi connectivity index (χ0) is 19.4. The first-order valence-corrected chi connectivity index (χ1v) is 8.05. The summed E-state index contributed by atoms with van der Waals surface area (Å²) in [6.45, 7) is 4.93. The summed E-state index contributed by atoms with van der Waals surface area (Å²) in [6.07, 6.45) is -5.58. The normalized spacial score (nSPS) is 13.1. The molecule has 0 radical (unpaired) electrons. The molecule has 1 aromatic rings. The molecule has 0 saturated carbocycles. The summed E-state index contributed by atoms with van der Waals surface area (Å²) in [4.78, 5) is 23.7. The minimum absolute atomic E-state index is 0.186. The van der Waals surface area contributed by atoms with E-state index in [0.717, 1.165) is 19.2 Å². The van der Waals surface area contributed by atoms with Crippen molar-refractivity contribution >= 4 is 28.0 Å². The van der Waals surface area contributed by atoms with E-state index in [1.807, 2.05) is 0 Å². The third kappa shape index (κ3) is 7.33. The first-order chi connectivity index (χ1) is 11.3. The Hall–Kier alpha value is -1.77. The number of carbonyl (C=O) groups is 2. The molecule has 0 aliphatic heterocycles. The van der Waals surface area contributed by atoms with Crippen molar-refractivity contribution in [3.63, 3.8) is 0 Å². The third-order valence-corrected chi connectivity index (χ3v) is 3.36. The van der Waals surface area contributed by atoms with Gasteiger partial charge >= 0.3 is 18.2 Å². The molecule has 1 N–H and O–H groups in total. The smallest absolute Gasteiger partial charge is 0.416 e. The number of halogens is 4. The third-order valence-electron chi connectivity index (χ3n) is 2.90. The lowest BCUT2D eigenvalue weighted by Gasteiger charge is -2.23. The summed E-state index contributed by atoms with van der Waals surface area (Å²) in [6, 6.07) is 2.09. The molecule has 0 aliphatic carbocycles. The van der Waals surface area contributed by atoms with Gasteiger partial charge in [-0.2, -0.15) is 13.2 Å². The van der Waals surface area contributed by atoms with Gasteiger partial charge in [0, 0.05) is 10.9 Å². The van der Waals surface area contributed by atoms with Crippen molar-refractivity contribution in [1.29, 1.82) is 0 Å². The molecule has 0 heterocycles. The van der Waals surface area contributed by atoms with Crippen LogP contribution < -0.4 is 5.32 Å². The number of hydrogen-bond donors (Lipinski definition) is 1. The molecule has 1 atom stereocenters. The van der Waals surface area contributed by atoms with Gasteiger partial charge in [0.25, 0.3) is 0 Å². The van der Waals surface area contributed by atoms with E-state index < -0.39 is 35.4 Å². The maximum absolute atomic E-state index is 12.9. The average molecular weight is 426 g/mol. The first kappa shape index (κ1) is 21.3. The van der Waals surface area contributed by atoms with Crippen LogP contribution in [-0.2, 0) is 26.9 Å². The molecule has 1 aromatic carbocycles. The predicted molar refractivity (Wildman–Crippen MR) is 88.0 cm³/mol. The number of carbonyl (C=O) groups excluding carboxylic acids is 2. The minimum atomic E-state index is -4.53. The molecule has 5 nitrogen and oxygen atoms in total. The Morgan fingerprint density at radius 2 is 1.80 bits per heavy atom. The molecule has 0 aromatic heterocycles. The van der Waals surface area contributed by atoms with Gasteiger partial charge in [-0.05, 0) is 44.5 Å². The van der Waals surface area contributed by atoms with Crippen molar-refractivity contribution in [1.82, 2.24) is 5.32 Å². The zero-order valence-corrected chi connectivity index (χ0v) is 15.7. The summed E-state index contributed by atoms with van der Waals surface area (Å²) in [5, 5.41) is 2.32. The Labute approximate surface area is 152 Å². The lowest BCUT2D eigenvalue weighted by molar-refractivity contribution is -0.143. The lowest BCUT2D eigenvalue weighted by atomic mass is 10.0. The van der Waals surface area contributed by atoms with Crippen LogP contribution in [0.5, 0.6) is 0 Å². The molecular formula is C16H19BrF3NO4. The van der Waals surface area contributed by atoms with Crippen molar-refractivity contribution in [2.45, 2.75) is 45.0 Å². The van der Waals surface area contributed by atoms with Gasteiger partial charge in [0.1, 0.15) is 11.6 Å². The van der Waals surface area contributed by atoms with Crippen molar-refractivity contribution < 1.29 is 32.2 Å². The van der Waals surface area contributed by atoms with Crippen LogP contribution in [0.1, 0.15) is 31.9 Å². The summed E-state index contributed by atoms with van der Waals surface area (Å²) in [5.74, 6) is -0.792. The Morgan fingerprint density at radius 3 is 2.28 bits per heavy atom. The van der Waals surface area contributed by atoms with E-state index in [2.05, 4.69) is 26.0 Å². The van der Waals surface area contributed by atoms with Gasteiger partial charge in [-0.25, -0.2) is 9.59 Å². The lowest BCUT2D eigenvalue weighted by Crippen LogP contribution is -2.45. The van der Waals surface area contributed by atoms with Crippen molar-refractivity contribution in [3.05, 3.63) is 33.8 Å². The van der Waals surface area contributed by atoms with E-state index in [1.165, 1.54) is 6.07 Å². The van der Waals surface area contributed by atoms with Crippen LogP contribution in [0.15, 0.2) is 22.7 Å². The fraction of sp³-hybridized carbons (Fsp3) is 0.500. The number of methoxy groups -OCH3 is 1. The summed E-state index contributed by atoms with van der Waals surface area (Å²) < 4.78 is 48.6. The highest BCUT2D eigenvalue weighted by molar-refractivity contribution is 9.10. The second kappa shape index (κ2) is 8.07. The molecule has 0 aliphatic rings. The van der Waals surface area contributed by atoms with E-state index in [0.29, 0.717) is 0 Å². The van der Waals surface area contributed by atoms with Crippen LogP contribution in [0.2, 0.25) is 0 Å². The predicted octanol–water partition coefficient (Wildman–Crippen LogP) is 4.08. The highest BCUT2D eigenvalue weighted by Gasteiger charge is 2.32. The van der Waals surface area contributed by atoms with Gasteiger partial charge in [0.15, 0.2) is 0 Å². The number of nitrogens with one attached hydrogen (secondary N) is 1. The Balaban J connectivity index is 3.01. The van der Waals surface area contributed by atoms with Crippen LogP contribution in [0.3, 0.4) is 0 Å². The molecule has 0 bridgehead atoms. The number of alkyl halides is 3. The van der Waals surface area contributed by atoms with Crippen LogP contribution in [0.4, 0.5) is 18.0 Å². The fourth-order valence-electron chi connectivity index (χ4n) is 1.95. The summed E-state index contributed by atoms with van der Waals surface area (Å²) in [7, 11) is 1.12. The van der Waals surface area contributed by atoms with E-state index in [4.69, 9.17) is 4.74 Å². The van der Waals surface area contributed by atoms with Gasteiger partial charge in [-0.1, -0.05) is 15.9 Å². The minimum Gasteiger partial charge on any atom is -0.467 e. The molecule has 25 heavy (non-hydrogen) atoms. The van der Waals surface area contributed by atoms with Gasteiger partial charge in [0.2, 0.25) is 0 Å². The summed E-state index contributed by atoms with van der Waals surface area (Å²) >= 11 is 3.01. The van der Waals surface area contributed by atoms with E-state index in [1.54, 1.807) is 20.8 Å². The fourth-order valence-corrected chi connectivity index (χ4v) is 2.49. The number of alkyl carbamates (subject to hydrolysis) is 1. The SMILES string of the molecule is COC(=O)[C@H](Cc1cc(Br)cc(C(F)(F)F)c1)NC(=O)OC(C)(C)C. The highest BCUT2D eigenvalue weighted by atomic mass is 79.9. The number of ether oxygens (including phenoxy) is 2. The van der Waals surface area contributed by atoms with Gasteiger partial charge in [0.05, 0.1) is 12.7 Å². The largest absolute Gasteiger partial charge is 0.467 e. The van der Waals surface area contributed by atoms with Crippen LogP contribution >= 0.6 is 15.9 Å². The molecule has 0 unspecified atom stereocenters. The number of rotatable bonds is 4. The zero-order valence-electron chi connectivity index (χ0n) is 14.2. The number of esters is 1. The number of amides is 1. The van der Waals surface area contributed by atoms with E-state index >= 15 is 0 Å². The average Bonchev–Trinajstić information content (AvgIpc) is 2.42. The number of benzene rings is 1. The molecule has 0 saturated heterocycles. The van der Waals surface area contributed by atoms with Crippen LogP contribution in [0, 0.1) is 0 Å². The first-order valence-electron chi connectivity index (χ1n) is 7.26. The second-order valence-corrected chi connectivity index (χ2v) is 7.19. The van der Waals surface area contributed by atoms with E-state index in [-0.39, 0.29) is 16.5 Å². The molecule has 9 heteroatoms. The molecule has 0 spiro atoms. The topological polar surface area (TPSA) is 64.6 Å². The molecule has 0 fully saturated rings. The van der Waals surface area contributed by atoms with Crippen molar-refractivity contribution in [3.8, 4) is 0 Å². The van der Waals surface area contributed by atoms with Gasteiger partial charge < -0.3 is 14.8 Å². The quantitative estimate of drug-likeness (QED) is 0.738. The van der Waals surface area contributed by atoms with Crippen LogP contribution in [0.25, 0.3) is 0 Å². The molecule has 1 amide bonds. The molecule has 140 valence electrons. The highest BCUT2D eigenvalue weighted by Crippen LogP contribution is 2.32. The van der Waals surface area contributed by atoms with Crippen molar-refractivity contribution in [2.24, 2.45) is 0 Å². The maximum Gasteiger partial charge on any atom is 0.416 e. The second-order valence-electron chi connectivity index (χ2n) is 6.27.